The van der Waals surface area contributed by atoms with Gasteiger partial charge in [-0.3, -0.25) is 4.79 Å². The number of amides is 2. The average Bonchev–Trinajstić information content (AvgIpc) is 2.96. The number of rotatable bonds is 5. The fraction of sp³-hybridized carbons (Fsp3) is 0.556. The van der Waals surface area contributed by atoms with Crippen molar-refractivity contribution in [2.75, 3.05) is 20.2 Å². The van der Waals surface area contributed by atoms with Gasteiger partial charge in [0.2, 0.25) is 0 Å². The Kier molecular flexibility index (Phi) is 5.36. The van der Waals surface area contributed by atoms with E-state index in [2.05, 4.69) is 5.32 Å². The van der Waals surface area contributed by atoms with E-state index >= 15 is 0 Å². The summed E-state index contributed by atoms with van der Waals surface area (Å²) in [4.78, 5) is 25.5. The minimum absolute atomic E-state index is 0.139. The second-order valence-electron chi connectivity index (χ2n) is 6.98. The van der Waals surface area contributed by atoms with Gasteiger partial charge in [0.1, 0.15) is 5.75 Å². The van der Waals surface area contributed by atoms with E-state index in [1.807, 2.05) is 38.1 Å². The fourth-order valence-electron chi connectivity index (χ4n) is 2.98. The van der Waals surface area contributed by atoms with Crippen LogP contribution in [0.4, 0.5) is 4.79 Å². The summed E-state index contributed by atoms with van der Waals surface area (Å²) in [6, 6.07) is 7.27. The molecule has 1 aliphatic heterocycles. The zero-order valence-corrected chi connectivity index (χ0v) is 14.7. The summed E-state index contributed by atoms with van der Waals surface area (Å²) in [5.74, 6) is 0.119. The third-order valence-corrected chi connectivity index (χ3v) is 4.70. The van der Waals surface area contributed by atoms with Crippen LogP contribution in [0.3, 0.4) is 0 Å². The first-order chi connectivity index (χ1) is 11.3. The molecule has 24 heavy (non-hydrogen) atoms. The first-order valence-corrected chi connectivity index (χ1v) is 8.19. The number of carboxylic acid groups (broad SMARTS) is 1. The van der Waals surface area contributed by atoms with Crippen LogP contribution < -0.4 is 10.1 Å². The number of ether oxygens (including phenoxy) is 1. The lowest BCUT2D eigenvalue weighted by Crippen LogP contribution is -2.43. The Labute approximate surface area is 142 Å². The molecule has 6 heteroatoms. The van der Waals surface area contributed by atoms with Crippen molar-refractivity contribution < 1.29 is 19.4 Å². The number of hydrogen-bond donors (Lipinski definition) is 2. The van der Waals surface area contributed by atoms with E-state index < -0.39 is 11.4 Å². The average molecular weight is 334 g/mol. The molecule has 0 bridgehead atoms. The number of nitrogens with one attached hydrogen (secondary N) is 1. The van der Waals surface area contributed by atoms with Crippen LogP contribution in [-0.2, 0) is 4.79 Å². The lowest BCUT2D eigenvalue weighted by Gasteiger charge is -2.27. The first kappa shape index (κ1) is 18.1. The highest BCUT2D eigenvalue weighted by Crippen LogP contribution is 2.31. The minimum atomic E-state index is -0.856. The number of likely N-dealkylation sites (tertiary alicyclic amines) is 1. The van der Waals surface area contributed by atoms with Crippen molar-refractivity contribution in [1.82, 2.24) is 10.2 Å². The van der Waals surface area contributed by atoms with Crippen LogP contribution in [0, 0.1) is 11.3 Å². The van der Waals surface area contributed by atoms with Gasteiger partial charge in [-0.25, -0.2) is 4.79 Å². The molecule has 2 atom stereocenters. The Bertz CT molecular complexity index is 600. The molecule has 2 N–H and O–H groups in total. The second kappa shape index (κ2) is 7.11. The molecule has 0 saturated carbocycles. The Balaban J connectivity index is 2.08. The van der Waals surface area contributed by atoms with E-state index in [9.17, 15) is 14.7 Å². The lowest BCUT2D eigenvalue weighted by molar-refractivity contribution is -0.147. The summed E-state index contributed by atoms with van der Waals surface area (Å²) in [6.45, 7) is 6.47. The highest BCUT2D eigenvalue weighted by Gasteiger charge is 2.42. The number of carboxylic acids is 1. The molecule has 2 amide bonds. The number of urea groups is 1. The normalized spacial score (nSPS) is 21.6. The summed E-state index contributed by atoms with van der Waals surface area (Å²) in [7, 11) is 1.61. The highest BCUT2D eigenvalue weighted by molar-refractivity contribution is 5.79. The SMILES string of the molecule is COc1ccc(C(NC(=O)N2CCC(C)(C(=O)O)C2)C(C)C)cc1. The molecule has 1 fully saturated rings. The summed E-state index contributed by atoms with van der Waals surface area (Å²) in [5.41, 5.74) is 0.143. The molecule has 1 aromatic rings. The van der Waals surface area contributed by atoms with Gasteiger partial charge in [0, 0.05) is 13.1 Å². The van der Waals surface area contributed by atoms with Gasteiger partial charge in [0.25, 0.3) is 0 Å². The molecule has 1 heterocycles. The summed E-state index contributed by atoms with van der Waals surface area (Å²) in [5, 5.41) is 12.3. The van der Waals surface area contributed by atoms with Gasteiger partial charge in [0.05, 0.1) is 18.6 Å². The van der Waals surface area contributed by atoms with Crippen LogP contribution in [0.2, 0.25) is 0 Å². The van der Waals surface area contributed by atoms with Crippen molar-refractivity contribution in [1.29, 1.82) is 0 Å². The Morgan fingerprint density at radius 3 is 2.38 bits per heavy atom. The lowest BCUT2D eigenvalue weighted by atomic mass is 9.90. The molecule has 1 aliphatic rings. The van der Waals surface area contributed by atoms with Gasteiger partial charge in [-0.2, -0.15) is 0 Å². The number of hydrogen-bond acceptors (Lipinski definition) is 3. The third kappa shape index (κ3) is 3.80. The topological polar surface area (TPSA) is 78.9 Å². The number of carbonyl (C=O) groups excluding carboxylic acids is 1. The quantitative estimate of drug-likeness (QED) is 0.868. The van der Waals surface area contributed by atoms with Crippen LogP contribution in [0.5, 0.6) is 5.75 Å². The molecule has 1 aromatic carbocycles. The summed E-state index contributed by atoms with van der Waals surface area (Å²) in [6.07, 6.45) is 0.477. The summed E-state index contributed by atoms with van der Waals surface area (Å²) >= 11 is 0. The van der Waals surface area contributed by atoms with E-state index in [0.717, 1.165) is 11.3 Å². The van der Waals surface area contributed by atoms with Gasteiger partial charge in [-0.05, 0) is 37.0 Å². The molecule has 0 aliphatic carbocycles. The van der Waals surface area contributed by atoms with E-state index in [0.29, 0.717) is 13.0 Å². The van der Waals surface area contributed by atoms with Crippen LogP contribution in [-0.4, -0.2) is 42.2 Å². The molecule has 132 valence electrons. The highest BCUT2D eigenvalue weighted by atomic mass is 16.5. The number of methoxy groups -OCH3 is 1. The van der Waals surface area contributed by atoms with Crippen LogP contribution >= 0.6 is 0 Å². The maximum Gasteiger partial charge on any atom is 0.317 e. The number of carbonyl (C=O) groups is 2. The molecule has 1 saturated heterocycles. The van der Waals surface area contributed by atoms with Gasteiger partial charge >= 0.3 is 12.0 Å². The van der Waals surface area contributed by atoms with Crippen molar-refractivity contribution >= 4 is 12.0 Å². The molecule has 2 unspecified atom stereocenters. The van der Waals surface area contributed by atoms with Crippen molar-refractivity contribution in [3.05, 3.63) is 29.8 Å². The number of benzene rings is 1. The van der Waals surface area contributed by atoms with Crippen molar-refractivity contribution in [3.63, 3.8) is 0 Å². The van der Waals surface area contributed by atoms with Crippen LogP contribution in [0.25, 0.3) is 0 Å². The van der Waals surface area contributed by atoms with Gasteiger partial charge < -0.3 is 20.1 Å². The van der Waals surface area contributed by atoms with Gasteiger partial charge in [-0.1, -0.05) is 26.0 Å². The van der Waals surface area contributed by atoms with E-state index in [4.69, 9.17) is 4.74 Å². The largest absolute Gasteiger partial charge is 0.497 e. The van der Waals surface area contributed by atoms with E-state index in [-0.39, 0.29) is 24.5 Å². The molecule has 2 rings (SSSR count). The zero-order valence-electron chi connectivity index (χ0n) is 14.7. The second-order valence-corrected chi connectivity index (χ2v) is 6.98. The van der Waals surface area contributed by atoms with E-state index in [1.54, 1.807) is 18.9 Å². The number of aliphatic carboxylic acids is 1. The molecule has 0 aromatic heterocycles. The predicted octanol–water partition coefficient (Wildman–Crippen LogP) is 2.90. The molecule has 6 nitrogen and oxygen atoms in total. The Hall–Kier alpha value is -2.24. The maximum absolute atomic E-state index is 12.6. The summed E-state index contributed by atoms with van der Waals surface area (Å²) < 4.78 is 5.17. The van der Waals surface area contributed by atoms with Crippen LogP contribution in [0.1, 0.15) is 38.8 Å². The monoisotopic (exact) mass is 334 g/mol. The Morgan fingerprint density at radius 2 is 1.92 bits per heavy atom. The third-order valence-electron chi connectivity index (χ3n) is 4.70. The Morgan fingerprint density at radius 1 is 1.29 bits per heavy atom. The molecular formula is C18H26N2O4. The smallest absolute Gasteiger partial charge is 0.317 e. The van der Waals surface area contributed by atoms with Gasteiger partial charge in [0.15, 0.2) is 0 Å². The van der Waals surface area contributed by atoms with Crippen LogP contribution in [0.15, 0.2) is 24.3 Å². The molecule has 0 radical (unpaired) electrons. The van der Waals surface area contributed by atoms with Crippen molar-refractivity contribution in [3.8, 4) is 5.75 Å². The van der Waals surface area contributed by atoms with Crippen molar-refractivity contribution in [2.24, 2.45) is 11.3 Å². The van der Waals surface area contributed by atoms with Crippen molar-refractivity contribution in [2.45, 2.75) is 33.2 Å². The fourth-order valence-corrected chi connectivity index (χ4v) is 2.98. The zero-order chi connectivity index (χ0) is 17.9. The maximum atomic E-state index is 12.6. The van der Waals surface area contributed by atoms with Gasteiger partial charge in [-0.15, -0.1) is 0 Å². The first-order valence-electron chi connectivity index (χ1n) is 8.19. The predicted molar refractivity (Wildman–Crippen MR) is 91.0 cm³/mol. The standard InChI is InChI=1S/C18H26N2O4/c1-12(2)15(13-5-7-14(24-4)8-6-13)19-17(23)20-10-9-18(3,11-20)16(21)22/h5-8,12,15H,9-11H2,1-4H3,(H,19,23)(H,21,22). The number of nitrogens with zero attached hydrogens (tertiary/aromatic N) is 1. The molecular weight excluding hydrogens is 308 g/mol. The van der Waals surface area contributed by atoms with E-state index in [1.165, 1.54) is 0 Å². The molecule has 0 spiro atoms. The minimum Gasteiger partial charge on any atom is -0.497 e.